The highest BCUT2D eigenvalue weighted by Gasteiger charge is 2.11. The summed E-state index contributed by atoms with van der Waals surface area (Å²) in [5.41, 5.74) is 2.03. The number of imidazole rings is 1. The molecule has 0 spiro atoms. The Balaban J connectivity index is 1.65. The molecular weight excluding hydrogens is 358 g/mol. The Morgan fingerprint density at radius 1 is 1.29 bits per heavy atom. The van der Waals surface area contributed by atoms with Crippen LogP contribution in [0.3, 0.4) is 0 Å². The van der Waals surface area contributed by atoms with Gasteiger partial charge in [-0.1, -0.05) is 23.2 Å². The van der Waals surface area contributed by atoms with Crippen LogP contribution in [0.2, 0.25) is 0 Å². The minimum atomic E-state index is -0.667. The number of carbonyl (C=O) groups is 1. The monoisotopic (exact) mass is 379 g/mol. The second-order valence-electron chi connectivity index (χ2n) is 6.35. The molecule has 0 radical (unpaired) electrons. The van der Waals surface area contributed by atoms with E-state index in [4.69, 9.17) is 9.63 Å². The number of aliphatic hydroxyl groups excluding tert-OH is 2. The second kappa shape index (κ2) is 9.13. The minimum Gasteiger partial charge on any atom is -0.396 e. The number of nitrogens with zero attached hydrogens (tertiary/aromatic N) is 3. The van der Waals surface area contributed by atoms with Gasteiger partial charge in [0.05, 0.1) is 6.54 Å². The van der Waals surface area contributed by atoms with Crippen molar-refractivity contribution in [3.8, 4) is 11.8 Å². The van der Waals surface area contributed by atoms with Crippen LogP contribution in [0.25, 0.3) is 0 Å². The molecule has 2 aromatic heterocycles. The summed E-state index contributed by atoms with van der Waals surface area (Å²) in [5.74, 6) is 6.88. The lowest BCUT2D eigenvalue weighted by molar-refractivity contribution is 0.0971. The topological polar surface area (TPSA) is 101 Å². The Morgan fingerprint density at radius 3 is 2.79 bits per heavy atom. The van der Waals surface area contributed by atoms with Crippen molar-refractivity contribution in [1.82, 2.24) is 14.7 Å². The second-order valence-corrected chi connectivity index (χ2v) is 6.35. The lowest BCUT2D eigenvalue weighted by Crippen LogP contribution is -2.07. The summed E-state index contributed by atoms with van der Waals surface area (Å²) in [6.07, 6.45) is 3.52. The summed E-state index contributed by atoms with van der Waals surface area (Å²) in [4.78, 5) is 16.0. The van der Waals surface area contributed by atoms with E-state index in [1.165, 1.54) is 0 Å². The number of hydrogen-bond donors (Lipinski definition) is 2. The fourth-order valence-corrected chi connectivity index (χ4v) is 2.70. The molecule has 0 saturated carbocycles. The summed E-state index contributed by atoms with van der Waals surface area (Å²) < 4.78 is 7.04. The van der Waals surface area contributed by atoms with Crippen molar-refractivity contribution in [2.24, 2.45) is 0 Å². The predicted molar refractivity (Wildman–Crippen MR) is 102 cm³/mol. The van der Waals surface area contributed by atoms with Gasteiger partial charge in [-0.15, -0.1) is 0 Å². The van der Waals surface area contributed by atoms with E-state index in [-0.39, 0.29) is 12.4 Å². The van der Waals surface area contributed by atoms with Gasteiger partial charge in [-0.2, -0.15) is 0 Å². The zero-order chi connectivity index (χ0) is 19.9. The van der Waals surface area contributed by atoms with Crippen LogP contribution in [0.4, 0.5) is 0 Å². The van der Waals surface area contributed by atoms with Crippen LogP contribution in [-0.2, 0) is 6.54 Å². The molecule has 0 aliphatic heterocycles. The maximum atomic E-state index is 11.9. The van der Waals surface area contributed by atoms with Gasteiger partial charge in [0.1, 0.15) is 17.6 Å². The highest BCUT2D eigenvalue weighted by atomic mass is 16.5. The molecule has 7 heteroatoms. The largest absolute Gasteiger partial charge is 0.396 e. The molecule has 0 aliphatic carbocycles. The van der Waals surface area contributed by atoms with Gasteiger partial charge >= 0.3 is 0 Å². The SMILES string of the molecule is C[C@H](O)c1nccn1Cc1cc(C#Cc2ccc(C(=O)CCCO)cc2)on1. The molecule has 7 nitrogen and oxygen atoms in total. The molecule has 0 amide bonds. The molecule has 144 valence electrons. The Hall–Kier alpha value is -3.21. The van der Waals surface area contributed by atoms with E-state index < -0.39 is 6.10 Å². The molecule has 0 fully saturated rings. The number of aliphatic hydroxyl groups is 2. The smallest absolute Gasteiger partial charge is 0.210 e. The summed E-state index contributed by atoms with van der Waals surface area (Å²) in [6, 6.07) is 8.75. The van der Waals surface area contributed by atoms with Crippen molar-refractivity contribution < 1.29 is 19.5 Å². The zero-order valence-corrected chi connectivity index (χ0v) is 15.5. The summed E-state index contributed by atoms with van der Waals surface area (Å²) in [7, 11) is 0. The molecule has 3 rings (SSSR count). The first-order valence-corrected chi connectivity index (χ1v) is 8.97. The van der Waals surface area contributed by atoms with Gasteiger partial charge < -0.3 is 19.3 Å². The Kier molecular flexibility index (Phi) is 6.37. The van der Waals surface area contributed by atoms with E-state index >= 15 is 0 Å². The fourth-order valence-electron chi connectivity index (χ4n) is 2.70. The van der Waals surface area contributed by atoms with Crippen molar-refractivity contribution in [2.75, 3.05) is 6.61 Å². The van der Waals surface area contributed by atoms with Gasteiger partial charge in [0, 0.05) is 42.6 Å². The highest BCUT2D eigenvalue weighted by Crippen LogP contribution is 2.13. The molecular formula is C21H21N3O4. The van der Waals surface area contributed by atoms with Crippen molar-refractivity contribution in [2.45, 2.75) is 32.4 Å². The maximum absolute atomic E-state index is 11.9. The van der Waals surface area contributed by atoms with E-state index in [2.05, 4.69) is 22.0 Å². The number of ketones is 1. The van der Waals surface area contributed by atoms with Crippen LogP contribution in [-0.4, -0.2) is 37.3 Å². The van der Waals surface area contributed by atoms with Gasteiger partial charge in [-0.05, 0) is 31.4 Å². The molecule has 2 heterocycles. The number of carbonyl (C=O) groups excluding carboxylic acids is 1. The third-order valence-electron chi connectivity index (χ3n) is 4.11. The molecule has 0 bridgehead atoms. The summed E-state index contributed by atoms with van der Waals surface area (Å²) >= 11 is 0. The summed E-state index contributed by atoms with van der Waals surface area (Å²) in [5, 5.41) is 22.5. The van der Waals surface area contributed by atoms with Gasteiger partial charge in [0.25, 0.3) is 0 Å². The van der Waals surface area contributed by atoms with Crippen molar-refractivity contribution in [3.63, 3.8) is 0 Å². The lowest BCUT2D eigenvalue weighted by Gasteiger charge is -2.07. The van der Waals surface area contributed by atoms with Crippen LogP contribution in [0, 0.1) is 11.8 Å². The highest BCUT2D eigenvalue weighted by molar-refractivity contribution is 5.96. The van der Waals surface area contributed by atoms with E-state index in [0.717, 1.165) is 5.56 Å². The number of aromatic nitrogens is 3. The standard InChI is InChI=1S/C21H21N3O4/c1-15(26)21-22-10-11-24(21)14-18-13-19(28-23-18)9-6-16-4-7-17(8-5-16)20(27)3-2-12-25/h4-5,7-8,10-11,13,15,25-26H,2-3,12,14H2,1H3/t15-/m0/s1. The van der Waals surface area contributed by atoms with Crippen LogP contribution in [0.15, 0.2) is 47.2 Å². The van der Waals surface area contributed by atoms with Crippen LogP contribution >= 0.6 is 0 Å². The van der Waals surface area contributed by atoms with Gasteiger partial charge in [-0.25, -0.2) is 4.98 Å². The molecule has 0 unspecified atom stereocenters. The first-order chi connectivity index (χ1) is 13.6. The number of hydrogen-bond acceptors (Lipinski definition) is 6. The molecule has 1 aromatic carbocycles. The van der Waals surface area contributed by atoms with E-state index in [0.29, 0.717) is 42.2 Å². The molecule has 1 atom stereocenters. The summed E-state index contributed by atoms with van der Waals surface area (Å²) in [6.45, 7) is 2.09. The number of Topliss-reactive ketones (excluding diaryl/α,β-unsaturated/α-hetero) is 1. The fraction of sp³-hybridized carbons (Fsp3) is 0.286. The molecule has 0 aliphatic rings. The third kappa shape index (κ3) is 4.94. The Bertz CT molecular complexity index is 991. The van der Waals surface area contributed by atoms with Crippen LogP contribution < -0.4 is 0 Å². The van der Waals surface area contributed by atoms with Gasteiger partial charge in [-0.3, -0.25) is 4.79 Å². The third-order valence-corrected chi connectivity index (χ3v) is 4.11. The van der Waals surface area contributed by atoms with Crippen LogP contribution in [0.1, 0.15) is 59.1 Å². The molecule has 3 aromatic rings. The van der Waals surface area contributed by atoms with Crippen LogP contribution in [0.5, 0.6) is 0 Å². The molecule has 28 heavy (non-hydrogen) atoms. The van der Waals surface area contributed by atoms with Crippen molar-refractivity contribution >= 4 is 5.78 Å². The Labute approximate surface area is 162 Å². The first-order valence-electron chi connectivity index (χ1n) is 8.97. The minimum absolute atomic E-state index is 0.00417. The average molecular weight is 379 g/mol. The van der Waals surface area contributed by atoms with Gasteiger partial charge in [0.2, 0.25) is 5.76 Å². The number of rotatable bonds is 7. The average Bonchev–Trinajstić information content (AvgIpc) is 3.34. The molecule has 0 saturated heterocycles. The maximum Gasteiger partial charge on any atom is 0.210 e. The normalized spacial score (nSPS) is 11.7. The zero-order valence-electron chi connectivity index (χ0n) is 15.5. The predicted octanol–water partition coefficient (Wildman–Crippen LogP) is 2.33. The van der Waals surface area contributed by atoms with Gasteiger partial charge in [0.15, 0.2) is 5.78 Å². The molecule has 2 N–H and O–H groups in total. The van der Waals surface area contributed by atoms with Crippen molar-refractivity contribution in [3.05, 3.63) is 71.1 Å². The quantitative estimate of drug-likeness (QED) is 0.483. The van der Waals surface area contributed by atoms with Crippen molar-refractivity contribution in [1.29, 1.82) is 0 Å². The van der Waals surface area contributed by atoms with E-state index in [1.54, 1.807) is 54.2 Å². The lowest BCUT2D eigenvalue weighted by atomic mass is 10.1. The first kappa shape index (κ1) is 19.5. The van der Waals surface area contributed by atoms with E-state index in [1.807, 2.05) is 0 Å². The van der Waals surface area contributed by atoms with E-state index in [9.17, 15) is 9.90 Å². The Morgan fingerprint density at radius 2 is 2.07 bits per heavy atom. The number of benzene rings is 1.